The maximum absolute atomic E-state index is 12.5. The Balaban J connectivity index is 1.45. The van der Waals surface area contributed by atoms with Crippen molar-refractivity contribution in [3.05, 3.63) is 11.1 Å². The van der Waals surface area contributed by atoms with Crippen LogP contribution in [0.25, 0.3) is 0 Å². The SMILES string of the molecule is CC(C)N(CCNC(=O)c1csc(N2CCC(N3CCOCC3)CC2)n1)C(C)C. The van der Waals surface area contributed by atoms with Crippen molar-refractivity contribution in [1.29, 1.82) is 0 Å². The Labute approximate surface area is 179 Å². The van der Waals surface area contributed by atoms with Gasteiger partial charge in [-0.2, -0.15) is 0 Å². The average molecular weight is 424 g/mol. The number of hydrogen-bond acceptors (Lipinski definition) is 7. The molecule has 0 atom stereocenters. The van der Waals surface area contributed by atoms with Crippen molar-refractivity contribution in [2.75, 3.05) is 57.4 Å². The maximum atomic E-state index is 12.5. The Morgan fingerprint density at radius 2 is 1.86 bits per heavy atom. The number of amides is 1. The van der Waals surface area contributed by atoms with Crippen molar-refractivity contribution in [2.45, 2.75) is 58.7 Å². The number of nitrogens with one attached hydrogen (secondary N) is 1. The quantitative estimate of drug-likeness (QED) is 0.692. The van der Waals surface area contributed by atoms with Crippen LogP contribution in [0.4, 0.5) is 5.13 Å². The van der Waals surface area contributed by atoms with E-state index in [9.17, 15) is 4.79 Å². The van der Waals surface area contributed by atoms with E-state index < -0.39 is 0 Å². The molecule has 0 unspecified atom stereocenters. The monoisotopic (exact) mass is 423 g/mol. The number of rotatable bonds is 8. The average Bonchev–Trinajstić information content (AvgIpc) is 3.21. The van der Waals surface area contributed by atoms with Crippen molar-refractivity contribution in [3.63, 3.8) is 0 Å². The smallest absolute Gasteiger partial charge is 0.270 e. The summed E-state index contributed by atoms with van der Waals surface area (Å²) in [4.78, 5) is 24.4. The molecule has 2 aliphatic heterocycles. The number of carbonyl (C=O) groups excluding carboxylic acids is 1. The van der Waals surface area contributed by atoms with Crippen molar-refractivity contribution < 1.29 is 9.53 Å². The Hall–Kier alpha value is -1.22. The summed E-state index contributed by atoms with van der Waals surface area (Å²) in [5.74, 6) is -0.0665. The lowest BCUT2D eigenvalue weighted by atomic mass is 10.0. The van der Waals surface area contributed by atoms with Gasteiger partial charge in [-0.1, -0.05) is 0 Å². The number of morpholine rings is 1. The fourth-order valence-corrected chi connectivity index (χ4v) is 5.24. The van der Waals surface area contributed by atoms with E-state index in [0.717, 1.165) is 63.9 Å². The van der Waals surface area contributed by atoms with E-state index in [1.807, 2.05) is 5.38 Å². The minimum Gasteiger partial charge on any atom is -0.379 e. The highest BCUT2D eigenvalue weighted by Crippen LogP contribution is 2.26. The van der Waals surface area contributed by atoms with Gasteiger partial charge in [0.15, 0.2) is 5.13 Å². The summed E-state index contributed by atoms with van der Waals surface area (Å²) in [5.41, 5.74) is 0.543. The molecule has 0 aromatic carbocycles. The van der Waals surface area contributed by atoms with Crippen LogP contribution in [-0.4, -0.2) is 91.3 Å². The zero-order valence-corrected chi connectivity index (χ0v) is 19.2. The largest absolute Gasteiger partial charge is 0.379 e. The lowest BCUT2D eigenvalue weighted by Gasteiger charge is -2.40. The zero-order chi connectivity index (χ0) is 20.8. The van der Waals surface area contributed by atoms with Crippen LogP contribution in [0.5, 0.6) is 0 Å². The molecule has 3 rings (SSSR count). The van der Waals surface area contributed by atoms with Crippen LogP contribution in [0.15, 0.2) is 5.38 Å². The number of thiazole rings is 1. The summed E-state index contributed by atoms with van der Waals surface area (Å²) >= 11 is 1.58. The van der Waals surface area contributed by atoms with E-state index >= 15 is 0 Å². The zero-order valence-electron chi connectivity index (χ0n) is 18.4. The van der Waals surface area contributed by atoms with E-state index in [4.69, 9.17) is 4.74 Å². The third-order valence-corrected chi connectivity index (χ3v) is 6.91. The second-order valence-electron chi connectivity index (χ2n) is 8.56. The van der Waals surface area contributed by atoms with Gasteiger partial charge in [-0.25, -0.2) is 4.98 Å². The summed E-state index contributed by atoms with van der Waals surface area (Å²) < 4.78 is 5.47. The van der Waals surface area contributed by atoms with Gasteiger partial charge in [0.05, 0.1) is 13.2 Å². The molecule has 2 fully saturated rings. The molecule has 164 valence electrons. The number of anilines is 1. The summed E-state index contributed by atoms with van der Waals surface area (Å²) in [7, 11) is 0. The lowest BCUT2D eigenvalue weighted by molar-refractivity contribution is 0.0115. The highest BCUT2D eigenvalue weighted by molar-refractivity contribution is 7.13. The molecule has 1 aromatic heterocycles. The van der Waals surface area contributed by atoms with Crippen LogP contribution in [-0.2, 0) is 4.74 Å². The Kier molecular flexibility index (Phi) is 8.29. The van der Waals surface area contributed by atoms with Crippen molar-refractivity contribution >= 4 is 22.4 Å². The van der Waals surface area contributed by atoms with E-state index in [2.05, 4.69) is 52.7 Å². The highest BCUT2D eigenvalue weighted by atomic mass is 32.1. The van der Waals surface area contributed by atoms with Gasteiger partial charge in [0, 0.05) is 62.8 Å². The molecule has 0 saturated carbocycles. The van der Waals surface area contributed by atoms with Crippen LogP contribution >= 0.6 is 11.3 Å². The number of piperidine rings is 1. The Bertz CT molecular complexity index is 629. The van der Waals surface area contributed by atoms with E-state index in [1.54, 1.807) is 11.3 Å². The van der Waals surface area contributed by atoms with Gasteiger partial charge in [0.1, 0.15) is 5.69 Å². The predicted octanol–water partition coefficient (Wildman–Crippen LogP) is 2.29. The lowest BCUT2D eigenvalue weighted by Crippen LogP contribution is -2.49. The molecule has 1 N–H and O–H groups in total. The van der Waals surface area contributed by atoms with Gasteiger partial charge in [-0.3, -0.25) is 14.6 Å². The second-order valence-corrected chi connectivity index (χ2v) is 9.40. The van der Waals surface area contributed by atoms with E-state index in [-0.39, 0.29) is 5.91 Å². The number of carbonyl (C=O) groups is 1. The number of ether oxygens (including phenoxy) is 1. The first-order valence-electron chi connectivity index (χ1n) is 11.0. The first-order chi connectivity index (χ1) is 14.0. The van der Waals surface area contributed by atoms with E-state index in [0.29, 0.717) is 30.4 Å². The molecule has 1 amide bonds. The summed E-state index contributed by atoms with van der Waals surface area (Å²) in [6.45, 7) is 16.1. The fraction of sp³-hybridized carbons (Fsp3) is 0.810. The van der Waals surface area contributed by atoms with Crippen LogP contribution < -0.4 is 10.2 Å². The van der Waals surface area contributed by atoms with Crippen LogP contribution in [0.1, 0.15) is 51.0 Å². The standard InChI is InChI=1S/C21H37N5O2S/c1-16(2)26(17(3)4)10-7-22-20(27)19-15-29-21(23-19)25-8-5-18(6-9-25)24-11-13-28-14-12-24/h15-18H,5-14H2,1-4H3,(H,22,27). The third kappa shape index (κ3) is 6.13. The normalized spacial score (nSPS) is 19.5. The number of hydrogen-bond donors (Lipinski definition) is 1. The van der Waals surface area contributed by atoms with E-state index in [1.165, 1.54) is 0 Å². The molecule has 3 heterocycles. The molecule has 0 spiro atoms. The first kappa shape index (κ1) is 22.5. The van der Waals surface area contributed by atoms with Crippen LogP contribution in [0, 0.1) is 0 Å². The molecular weight excluding hydrogens is 386 g/mol. The molecular formula is C21H37N5O2S. The van der Waals surface area contributed by atoms with Gasteiger partial charge in [-0.15, -0.1) is 11.3 Å². The summed E-state index contributed by atoms with van der Waals surface area (Å²) in [5, 5.41) is 5.90. The molecule has 0 aliphatic carbocycles. The molecule has 7 nitrogen and oxygen atoms in total. The van der Waals surface area contributed by atoms with Crippen LogP contribution in [0.2, 0.25) is 0 Å². The molecule has 1 aromatic rings. The molecule has 8 heteroatoms. The first-order valence-corrected chi connectivity index (χ1v) is 11.9. The van der Waals surface area contributed by atoms with Gasteiger partial charge in [0.2, 0.25) is 0 Å². The van der Waals surface area contributed by atoms with Gasteiger partial charge < -0.3 is 15.0 Å². The predicted molar refractivity (Wildman–Crippen MR) is 119 cm³/mol. The number of aromatic nitrogens is 1. The molecule has 2 saturated heterocycles. The fourth-order valence-electron chi connectivity index (χ4n) is 4.38. The summed E-state index contributed by atoms with van der Waals surface area (Å²) in [6, 6.07) is 1.60. The summed E-state index contributed by atoms with van der Waals surface area (Å²) in [6.07, 6.45) is 2.31. The van der Waals surface area contributed by atoms with Gasteiger partial charge in [-0.05, 0) is 40.5 Å². The Morgan fingerprint density at radius 1 is 1.21 bits per heavy atom. The minimum atomic E-state index is -0.0665. The molecule has 2 aliphatic rings. The van der Waals surface area contributed by atoms with Crippen molar-refractivity contribution in [1.82, 2.24) is 20.1 Å². The van der Waals surface area contributed by atoms with Crippen molar-refractivity contribution in [3.8, 4) is 0 Å². The minimum absolute atomic E-state index is 0.0665. The number of nitrogens with zero attached hydrogens (tertiary/aromatic N) is 4. The molecule has 29 heavy (non-hydrogen) atoms. The maximum Gasteiger partial charge on any atom is 0.270 e. The highest BCUT2D eigenvalue weighted by Gasteiger charge is 2.27. The topological polar surface area (TPSA) is 60.9 Å². The second kappa shape index (κ2) is 10.7. The van der Waals surface area contributed by atoms with Gasteiger partial charge in [0.25, 0.3) is 5.91 Å². The van der Waals surface area contributed by atoms with Gasteiger partial charge >= 0.3 is 0 Å². The molecule has 0 bridgehead atoms. The van der Waals surface area contributed by atoms with Crippen molar-refractivity contribution in [2.24, 2.45) is 0 Å². The Morgan fingerprint density at radius 3 is 2.48 bits per heavy atom. The molecule has 0 radical (unpaired) electrons. The van der Waals surface area contributed by atoms with Crippen LogP contribution in [0.3, 0.4) is 0 Å². The third-order valence-electron chi connectivity index (χ3n) is 6.00.